The average molecular weight is 327 g/mol. The second kappa shape index (κ2) is 7.39. The Bertz CT molecular complexity index is 473. The third-order valence-electron chi connectivity index (χ3n) is 3.34. The summed E-state index contributed by atoms with van der Waals surface area (Å²) in [6.07, 6.45) is 1.53. The smallest absolute Gasteiger partial charge is 0.410 e. The Morgan fingerprint density at radius 2 is 2.41 bits per heavy atom. The Morgan fingerprint density at radius 3 is 3.05 bits per heavy atom. The first-order valence-corrected chi connectivity index (χ1v) is 8.45. The molecular formula is C15H25N3O3S. The van der Waals surface area contributed by atoms with Crippen molar-refractivity contribution in [3.05, 3.63) is 16.6 Å². The summed E-state index contributed by atoms with van der Waals surface area (Å²) in [5.41, 5.74) is -0.485. The number of hydrogen-bond acceptors (Lipinski definition) is 6. The van der Waals surface area contributed by atoms with Crippen molar-refractivity contribution < 1.29 is 14.3 Å². The van der Waals surface area contributed by atoms with Crippen molar-refractivity contribution in [2.75, 3.05) is 26.3 Å². The average Bonchev–Trinajstić information content (AvgIpc) is 2.97. The minimum Gasteiger partial charge on any atom is -0.444 e. The van der Waals surface area contributed by atoms with Gasteiger partial charge in [0.2, 0.25) is 0 Å². The number of amides is 1. The highest BCUT2D eigenvalue weighted by Gasteiger charge is 2.31. The monoisotopic (exact) mass is 327 g/mol. The number of morpholine rings is 1. The number of carbonyl (C=O) groups is 1. The molecule has 124 valence electrons. The van der Waals surface area contributed by atoms with Gasteiger partial charge >= 0.3 is 6.09 Å². The lowest BCUT2D eigenvalue weighted by Gasteiger charge is -2.37. The summed E-state index contributed by atoms with van der Waals surface area (Å²) in [6.45, 7) is 10.00. The maximum atomic E-state index is 12.3. The van der Waals surface area contributed by atoms with Crippen LogP contribution in [0.15, 0.2) is 11.6 Å². The molecule has 2 unspecified atom stereocenters. The van der Waals surface area contributed by atoms with Crippen molar-refractivity contribution in [3.8, 4) is 0 Å². The van der Waals surface area contributed by atoms with Gasteiger partial charge in [0.05, 0.1) is 25.3 Å². The Labute approximate surface area is 135 Å². The molecule has 0 aliphatic carbocycles. The topological polar surface area (TPSA) is 63.7 Å². The molecule has 2 atom stereocenters. The summed E-state index contributed by atoms with van der Waals surface area (Å²) < 4.78 is 11.0. The zero-order chi connectivity index (χ0) is 16.2. The van der Waals surface area contributed by atoms with Gasteiger partial charge in [-0.3, -0.25) is 4.90 Å². The van der Waals surface area contributed by atoms with Crippen LogP contribution in [0.2, 0.25) is 0 Å². The zero-order valence-corrected chi connectivity index (χ0v) is 14.5. The van der Waals surface area contributed by atoms with E-state index in [0.717, 1.165) is 5.01 Å². The van der Waals surface area contributed by atoms with Crippen LogP contribution < -0.4 is 5.32 Å². The molecule has 6 nitrogen and oxygen atoms in total. The number of aromatic nitrogens is 1. The van der Waals surface area contributed by atoms with Crippen molar-refractivity contribution in [2.24, 2.45) is 0 Å². The second-order valence-corrected chi connectivity index (χ2v) is 7.33. The molecule has 1 saturated heterocycles. The Balaban J connectivity index is 1.90. The lowest BCUT2D eigenvalue weighted by Crippen LogP contribution is -2.54. The van der Waals surface area contributed by atoms with Crippen LogP contribution in [0.25, 0.3) is 0 Å². The SMILES string of the molecule is CC(NCC1COCCN1C(=O)OC(C)(C)C)c1nccs1. The van der Waals surface area contributed by atoms with Gasteiger partial charge in [-0.25, -0.2) is 9.78 Å². The van der Waals surface area contributed by atoms with Crippen LogP contribution in [0.3, 0.4) is 0 Å². The fourth-order valence-electron chi connectivity index (χ4n) is 2.23. The van der Waals surface area contributed by atoms with Gasteiger partial charge in [-0.15, -0.1) is 11.3 Å². The summed E-state index contributed by atoms with van der Waals surface area (Å²) >= 11 is 1.62. The van der Waals surface area contributed by atoms with Gasteiger partial charge in [0.1, 0.15) is 10.6 Å². The molecule has 0 aromatic carbocycles. The van der Waals surface area contributed by atoms with Gasteiger partial charge < -0.3 is 14.8 Å². The molecule has 1 aliphatic rings. The van der Waals surface area contributed by atoms with Crippen molar-refractivity contribution in [1.82, 2.24) is 15.2 Å². The van der Waals surface area contributed by atoms with Crippen LogP contribution in [0.4, 0.5) is 4.79 Å². The summed E-state index contributed by atoms with van der Waals surface area (Å²) in [7, 11) is 0. The first kappa shape index (κ1) is 17.2. The number of thiazole rings is 1. The van der Waals surface area contributed by atoms with Crippen LogP contribution in [0.5, 0.6) is 0 Å². The van der Waals surface area contributed by atoms with Crippen LogP contribution in [-0.4, -0.2) is 53.9 Å². The van der Waals surface area contributed by atoms with E-state index in [2.05, 4.69) is 17.2 Å². The van der Waals surface area contributed by atoms with Crippen molar-refractivity contribution in [2.45, 2.75) is 45.4 Å². The number of rotatable bonds is 4. The summed E-state index contributed by atoms with van der Waals surface area (Å²) in [6, 6.07) is 0.133. The maximum absolute atomic E-state index is 12.3. The second-order valence-electron chi connectivity index (χ2n) is 6.40. The zero-order valence-electron chi connectivity index (χ0n) is 13.7. The highest BCUT2D eigenvalue weighted by Crippen LogP contribution is 2.17. The van der Waals surface area contributed by atoms with E-state index < -0.39 is 5.60 Å². The van der Waals surface area contributed by atoms with Crippen LogP contribution in [0.1, 0.15) is 38.7 Å². The Morgan fingerprint density at radius 1 is 1.64 bits per heavy atom. The highest BCUT2D eigenvalue weighted by atomic mass is 32.1. The number of nitrogens with zero attached hydrogens (tertiary/aromatic N) is 2. The molecule has 1 aliphatic heterocycles. The van der Waals surface area contributed by atoms with Crippen molar-refractivity contribution >= 4 is 17.4 Å². The predicted molar refractivity (Wildman–Crippen MR) is 86.1 cm³/mol. The third kappa shape index (κ3) is 4.93. The van der Waals surface area contributed by atoms with Gasteiger partial charge in [-0.1, -0.05) is 0 Å². The molecule has 0 bridgehead atoms. The molecule has 7 heteroatoms. The van der Waals surface area contributed by atoms with Gasteiger partial charge in [-0.05, 0) is 27.7 Å². The van der Waals surface area contributed by atoms with Gasteiger partial charge in [0.15, 0.2) is 0 Å². The molecule has 1 aromatic heterocycles. The molecule has 22 heavy (non-hydrogen) atoms. The lowest BCUT2D eigenvalue weighted by atomic mass is 10.2. The first-order chi connectivity index (χ1) is 10.4. The number of carbonyl (C=O) groups excluding carboxylic acids is 1. The molecule has 0 radical (unpaired) electrons. The molecule has 1 N–H and O–H groups in total. The molecule has 0 spiro atoms. The molecule has 2 rings (SSSR count). The van der Waals surface area contributed by atoms with E-state index in [1.165, 1.54) is 0 Å². The van der Waals surface area contributed by atoms with Gasteiger partial charge in [0.25, 0.3) is 0 Å². The van der Waals surface area contributed by atoms with E-state index >= 15 is 0 Å². The third-order valence-corrected chi connectivity index (χ3v) is 4.30. The molecule has 1 aromatic rings. The fraction of sp³-hybridized carbons (Fsp3) is 0.733. The summed E-state index contributed by atoms with van der Waals surface area (Å²) in [5.74, 6) is 0. The van der Waals surface area contributed by atoms with Crippen molar-refractivity contribution in [1.29, 1.82) is 0 Å². The summed E-state index contributed by atoms with van der Waals surface area (Å²) in [5, 5.41) is 6.43. The predicted octanol–water partition coefficient (Wildman–Crippen LogP) is 2.43. The molecule has 1 amide bonds. The summed E-state index contributed by atoms with van der Waals surface area (Å²) in [4.78, 5) is 18.4. The normalized spacial score (nSPS) is 20.7. The molecule has 1 fully saturated rings. The lowest BCUT2D eigenvalue weighted by molar-refractivity contribution is -0.0321. The van der Waals surface area contributed by atoms with Crippen molar-refractivity contribution in [3.63, 3.8) is 0 Å². The number of hydrogen-bond donors (Lipinski definition) is 1. The van der Waals surface area contributed by atoms with Gasteiger partial charge in [0, 0.05) is 24.7 Å². The highest BCUT2D eigenvalue weighted by molar-refractivity contribution is 7.09. The Hall–Kier alpha value is -1.18. The minimum atomic E-state index is -0.485. The first-order valence-electron chi connectivity index (χ1n) is 7.57. The molecule has 0 saturated carbocycles. The van der Waals surface area contributed by atoms with E-state index in [-0.39, 0.29) is 18.2 Å². The molecule has 2 heterocycles. The van der Waals surface area contributed by atoms with Crippen LogP contribution in [0, 0.1) is 0 Å². The van der Waals surface area contributed by atoms with E-state index in [4.69, 9.17) is 9.47 Å². The largest absolute Gasteiger partial charge is 0.444 e. The maximum Gasteiger partial charge on any atom is 0.410 e. The minimum absolute atomic E-state index is 0.0222. The fourth-order valence-corrected chi connectivity index (χ4v) is 2.90. The van der Waals surface area contributed by atoms with E-state index in [0.29, 0.717) is 26.3 Å². The quantitative estimate of drug-likeness (QED) is 0.920. The van der Waals surface area contributed by atoms with E-state index in [9.17, 15) is 4.79 Å². The number of ether oxygens (including phenoxy) is 2. The van der Waals surface area contributed by atoms with E-state index in [1.54, 1.807) is 22.4 Å². The van der Waals surface area contributed by atoms with Gasteiger partial charge in [-0.2, -0.15) is 0 Å². The Kier molecular flexibility index (Phi) is 5.77. The van der Waals surface area contributed by atoms with E-state index in [1.807, 2.05) is 26.2 Å². The number of nitrogens with one attached hydrogen (secondary N) is 1. The van der Waals surface area contributed by atoms with Crippen LogP contribution >= 0.6 is 11.3 Å². The standard InChI is InChI=1S/C15H25N3O3S/c1-11(13-16-5-8-22-13)17-9-12-10-20-7-6-18(12)14(19)21-15(2,3)4/h5,8,11-12,17H,6-7,9-10H2,1-4H3. The van der Waals surface area contributed by atoms with Crippen LogP contribution in [-0.2, 0) is 9.47 Å². The molecular weight excluding hydrogens is 302 g/mol.